The molecular formula is C22H14N2OSe. The van der Waals surface area contributed by atoms with Gasteiger partial charge in [-0.1, -0.05) is 0 Å². The number of hydrogen-bond donors (Lipinski definition) is 1. The number of fused-ring (bicyclic) bond motifs is 3. The Balaban J connectivity index is 1.70. The molecule has 1 N–H and O–H groups in total. The van der Waals surface area contributed by atoms with Crippen LogP contribution in [-0.4, -0.2) is 24.5 Å². The fourth-order valence-electron chi connectivity index (χ4n) is 3.26. The van der Waals surface area contributed by atoms with E-state index in [1.807, 2.05) is 30.3 Å². The number of benzene rings is 2. The Hall–Kier alpha value is -2.94. The van der Waals surface area contributed by atoms with Crippen LogP contribution in [-0.2, 0) is 0 Å². The number of nitrogens with one attached hydrogen (secondary N) is 1. The summed E-state index contributed by atoms with van der Waals surface area (Å²) in [6.45, 7) is 0. The van der Waals surface area contributed by atoms with E-state index in [-0.39, 0.29) is 19.9 Å². The number of rotatable bonds is 2. The maximum absolute atomic E-state index is 12.3. The van der Waals surface area contributed by atoms with E-state index in [2.05, 4.69) is 46.4 Å². The molecule has 4 heteroatoms. The molecule has 26 heavy (non-hydrogen) atoms. The van der Waals surface area contributed by atoms with Gasteiger partial charge in [0, 0.05) is 0 Å². The summed E-state index contributed by atoms with van der Waals surface area (Å²) in [5.41, 5.74) is 5.19. The van der Waals surface area contributed by atoms with Crippen molar-refractivity contribution in [3.8, 4) is 22.5 Å². The second kappa shape index (κ2) is 6.10. The summed E-state index contributed by atoms with van der Waals surface area (Å²) < 4.78 is 2.40. The quantitative estimate of drug-likeness (QED) is 0.444. The Kier molecular flexibility index (Phi) is 3.59. The molecule has 0 amide bonds. The second-order valence-electron chi connectivity index (χ2n) is 6.14. The molecule has 3 aromatic heterocycles. The SMILES string of the molecule is O=c1cccc2[se]c3ccc(-c4cccc(-c5ccccn5)c4)[nH]c3c12. The van der Waals surface area contributed by atoms with E-state index in [1.165, 1.54) is 4.26 Å². The van der Waals surface area contributed by atoms with Crippen molar-refractivity contribution >= 4 is 33.9 Å². The molecule has 2 aromatic carbocycles. The molecule has 0 atom stereocenters. The van der Waals surface area contributed by atoms with Gasteiger partial charge in [-0.2, -0.15) is 0 Å². The molecular weight excluding hydrogens is 387 g/mol. The van der Waals surface area contributed by atoms with Crippen molar-refractivity contribution in [3.05, 3.63) is 89.2 Å². The molecule has 0 aliphatic heterocycles. The summed E-state index contributed by atoms with van der Waals surface area (Å²) in [6, 6.07) is 24.0. The summed E-state index contributed by atoms with van der Waals surface area (Å²) in [4.78, 5) is 20.3. The van der Waals surface area contributed by atoms with Gasteiger partial charge < -0.3 is 0 Å². The summed E-state index contributed by atoms with van der Waals surface area (Å²) >= 11 is 0.190. The van der Waals surface area contributed by atoms with E-state index < -0.39 is 0 Å². The van der Waals surface area contributed by atoms with Gasteiger partial charge in [0.2, 0.25) is 0 Å². The van der Waals surface area contributed by atoms with Crippen molar-refractivity contribution in [1.82, 2.24) is 9.97 Å². The number of H-pyrrole nitrogens is 1. The molecule has 3 nitrogen and oxygen atoms in total. The van der Waals surface area contributed by atoms with Gasteiger partial charge in [0.1, 0.15) is 0 Å². The van der Waals surface area contributed by atoms with Crippen molar-refractivity contribution in [2.75, 3.05) is 0 Å². The molecule has 0 unspecified atom stereocenters. The minimum absolute atomic E-state index is 0.0961. The Morgan fingerprint density at radius 3 is 2.58 bits per heavy atom. The number of pyridine rings is 2. The first-order valence-electron chi connectivity index (χ1n) is 8.36. The third kappa shape index (κ3) is 2.51. The van der Waals surface area contributed by atoms with Crippen LogP contribution in [0.25, 0.3) is 41.9 Å². The van der Waals surface area contributed by atoms with Gasteiger partial charge >= 0.3 is 156 Å². The first kappa shape index (κ1) is 15.3. The van der Waals surface area contributed by atoms with E-state index in [9.17, 15) is 4.79 Å². The molecule has 0 aliphatic rings. The summed E-state index contributed by atoms with van der Waals surface area (Å²) in [5, 5.41) is 0.838. The molecule has 0 radical (unpaired) electrons. The standard InChI is InChI=1S/C22H14N2OSe/c25-18-8-4-9-19-21(18)22-20(26-19)11-10-17(24-22)15-6-3-5-14(13-15)16-7-1-2-12-23-16/h1-13,24H. The van der Waals surface area contributed by atoms with Gasteiger partial charge in [-0.25, -0.2) is 0 Å². The third-order valence-electron chi connectivity index (χ3n) is 4.50. The number of aromatic amines is 1. The number of hydrogen-bond acceptors (Lipinski definition) is 2. The second-order valence-corrected chi connectivity index (χ2v) is 8.41. The normalized spacial score (nSPS) is 11.2. The molecule has 0 fully saturated rings. The number of nitrogens with zero attached hydrogens (tertiary/aromatic N) is 1. The molecule has 0 spiro atoms. The Morgan fingerprint density at radius 2 is 1.69 bits per heavy atom. The topological polar surface area (TPSA) is 45.8 Å². The van der Waals surface area contributed by atoms with E-state index >= 15 is 0 Å². The van der Waals surface area contributed by atoms with Crippen LogP contribution in [0.5, 0.6) is 0 Å². The van der Waals surface area contributed by atoms with E-state index in [1.54, 1.807) is 12.3 Å². The van der Waals surface area contributed by atoms with Gasteiger partial charge in [-0.15, -0.1) is 0 Å². The van der Waals surface area contributed by atoms with E-state index in [0.717, 1.165) is 37.7 Å². The van der Waals surface area contributed by atoms with Crippen molar-refractivity contribution in [1.29, 1.82) is 0 Å². The van der Waals surface area contributed by atoms with Crippen LogP contribution in [0.1, 0.15) is 0 Å². The molecule has 0 aliphatic carbocycles. The van der Waals surface area contributed by atoms with Gasteiger partial charge in [0.15, 0.2) is 0 Å². The van der Waals surface area contributed by atoms with E-state index in [4.69, 9.17) is 0 Å². The van der Waals surface area contributed by atoms with Gasteiger partial charge in [-0.3, -0.25) is 0 Å². The van der Waals surface area contributed by atoms with Crippen LogP contribution in [0.2, 0.25) is 0 Å². The molecule has 5 rings (SSSR count). The van der Waals surface area contributed by atoms with Gasteiger partial charge in [-0.05, 0) is 0 Å². The zero-order valence-corrected chi connectivity index (χ0v) is 15.5. The molecule has 0 bridgehead atoms. The molecule has 0 saturated carbocycles. The Labute approximate surface area is 155 Å². The number of aromatic nitrogens is 2. The average molecular weight is 401 g/mol. The minimum atomic E-state index is 0.0961. The van der Waals surface area contributed by atoms with Crippen molar-refractivity contribution < 1.29 is 0 Å². The average Bonchev–Trinajstić information content (AvgIpc) is 3.08. The van der Waals surface area contributed by atoms with Crippen molar-refractivity contribution in [3.63, 3.8) is 0 Å². The van der Waals surface area contributed by atoms with Gasteiger partial charge in [0.05, 0.1) is 0 Å². The van der Waals surface area contributed by atoms with E-state index in [0.29, 0.717) is 0 Å². The first-order chi connectivity index (χ1) is 12.8. The van der Waals surface area contributed by atoms with Crippen LogP contribution in [0, 0.1) is 0 Å². The Bertz CT molecular complexity index is 1300. The van der Waals surface area contributed by atoms with Crippen LogP contribution >= 0.6 is 0 Å². The van der Waals surface area contributed by atoms with Crippen molar-refractivity contribution in [2.45, 2.75) is 0 Å². The fourth-order valence-corrected chi connectivity index (χ4v) is 5.52. The molecule has 124 valence electrons. The molecule has 0 saturated heterocycles. The summed E-state index contributed by atoms with van der Waals surface area (Å²) in [5.74, 6) is 0. The summed E-state index contributed by atoms with van der Waals surface area (Å²) in [7, 11) is 0. The van der Waals surface area contributed by atoms with Gasteiger partial charge in [0.25, 0.3) is 0 Å². The fraction of sp³-hybridized carbons (Fsp3) is 0. The van der Waals surface area contributed by atoms with Crippen LogP contribution in [0.4, 0.5) is 0 Å². The predicted octanol–water partition coefficient (Wildman–Crippen LogP) is 4.47. The third-order valence-corrected chi connectivity index (χ3v) is 6.85. The van der Waals surface area contributed by atoms with Crippen LogP contribution in [0.15, 0.2) is 83.8 Å². The molecule has 5 aromatic rings. The monoisotopic (exact) mass is 402 g/mol. The maximum atomic E-state index is 12.3. The van der Waals surface area contributed by atoms with Crippen molar-refractivity contribution in [2.24, 2.45) is 0 Å². The molecule has 3 heterocycles. The zero-order valence-electron chi connectivity index (χ0n) is 13.8. The summed E-state index contributed by atoms with van der Waals surface area (Å²) in [6.07, 6.45) is 1.80. The first-order valence-corrected chi connectivity index (χ1v) is 10.1. The zero-order chi connectivity index (χ0) is 17.5. The Morgan fingerprint density at radius 1 is 0.808 bits per heavy atom. The predicted molar refractivity (Wildman–Crippen MR) is 108 cm³/mol. The van der Waals surface area contributed by atoms with Crippen LogP contribution < -0.4 is 5.43 Å². The van der Waals surface area contributed by atoms with Crippen LogP contribution in [0.3, 0.4) is 0 Å².